The van der Waals surface area contributed by atoms with Crippen LogP contribution in [-0.4, -0.2) is 30.3 Å². The topological polar surface area (TPSA) is 93.1 Å². The van der Waals surface area contributed by atoms with E-state index < -0.39 is 27.7 Å². The van der Waals surface area contributed by atoms with Crippen molar-refractivity contribution in [2.75, 3.05) is 5.32 Å². The number of anilines is 1. The zero-order chi connectivity index (χ0) is 21.9. The smallest absolute Gasteiger partial charge is 0.325 e. The van der Waals surface area contributed by atoms with Crippen molar-refractivity contribution >= 4 is 21.6 Å². The van der Waals surface area contributed by atoms with E-state index in [1.54, 1.807) is 18.6 Å². The van der Waals surface area contributed by atoms with Gasteiger partial charge >= 0.3 is 6.18 Å². The quantitative estimate of drug-likeness (QED) is 0.780. The second kappa shape index (κ2) is 6.56. The summed E-state index contributed by atoms with van der Waals surface area (Å²) in [6.07, 6.45) is -4.88. The number of aryl methyl sites for hydroxylation is 2. The summed E-state index contributed by atoms with van der Waals surface area (Å²) in [5.41, 5.74) is -0.104. The van der Waals surface area contributed by atoms with Crippen LogP contribution in [0.5, 0.6) is 0 Å². The average molecular weight is 430 g/mol. The van der Waals surface area contributed by atoms with Crippen molar-refractivity contribution in [3.8, 4) is 0 Å². The first kappa shape index (κ1) is 21.3. The predicted molar refractivity (Wildman–Crippen MR) is 99.9 cm³/mol. The van der Waals surface area contributed by atoms with Crippen molar-refractivity contribution < 1.29 is 26.4 Å². The molecule has 158 valence electrons. The van der Waals surface area contributed by atoms with E-state index in [1.807, 2.05) is 0 Å². The van der Waals surface area contributed by atoms with Gasteiger partial charge in [0.2, 0.25) is 15.9 Å². The number of hydrogen-bond donors (Lipinski definition) is 2. The number of benzene rings is 1. The Morgan fingerprint density at radius 1 is 1.24 bits per heavy atom. The number of amides is 1. The Morgan fingerprint density at radius 3 is 2.38 bits per heavy atom. The monoisotopic (exact) mass is 430 g/mol. The first-order chi connectivity index (χ1) is 13.2. The molecule has 11 heteroatoms. The number of nitrogens with zero attached hydrogens (tertiary/aromatic N) is 2. The Bertz CT molecular complexity index is 1100. The molecule has 3 rings (SSSR count). The molecule has 1 amide bonds. The van der Waals surface area contributed by atoms with E-state index in [0.717, 1.165) is 0 Å². The van der Waals surface area contributed by atoms with Gasteiger partial charge in [-0.1, -0.05) is 0 Å². The average Bonchev–Trinajstić information content (AvgIpc) is 2.96. The molecule has 1 aliphatic heterocycles. The number of hydrogen-bond acceptors (Lipinski definition) is 4. The molecule has 0 bridgehead atoms. The lowest BCUT2D eigenvalue weighted by atomic mass is 9.86. The number of fused-ring (bicyclic) bond motifs is 1. The van der Waals surface area contributed by atoms with Crippen LogP contribution in [0.1, 0.15) is 42.4 Å². The van der Waals surface area contributed by atoms with E-state index in [9.17, 15) is 26.4 Å². The maximum Gasteiger partial charge on any atom is 0.409 e. The summed E-state index contributed by atoms with van der Waals surface area (Å²) in [5, 5.41) is 6.59. The summed E-state index contributed by atoms with van der Waals surface area (Å²) in [6.45, 7) is 6.06. The molecule has 7 nitrogen and oxygen atoms in total. The van der Waals surface area contributed by atoms with Gasteiger partial charge in [0.05, 0.1) is 16.0 Å². The first-order valence-electron chi connectivity index (χ1n) is 8.71. The van der Waals surface area contributed by atoms with Crippen LogP contribution < -0.4 is 10.0 Å². The van der Waals surface area contributed by atoms with E-state index in [-0.39, 0.29) is 27.8 Å². The predicted octanol–water partition coefficient (Wildman–Crippen LogP) is 2.85. The van der Waals surface area contributed by atoms with Gasteiger partial charge in [0.1, 0.15) is 6.04 Å². The molecule has 1 atom stereocenters. The number of sulfonamides is 1. The largest absolute Gasteiger partial charge is 0.409 e. The molecule has 2 N–H and O–H groups in total. The zero-order valence-electron chi connectivity index (χ0n) is 16.5. The van der Waals surface area contributed by atoms with E-state index in [0.29, 0.717) is 11.3 Å². The fraction of sp³-hybridized carbons (Fsp3) is 0.444. The van der Waals surface area contributed by atoms with Crippen molar-refractivity contribution in [3.63, 3.8) is 0 Å². The Kier molecular flexibility index (Phi) is 4.82. The lowest BCUT2D eigenvalue weighted by Crippen LogP contribution is -2.38. The van der Waals surface area contributed by atoms with Crippen LogP contribution in [0, 0.1) is 13.8 Å². The van der Waals surface area contributed by atoms with Crippen molar-refractivity contribution in [2.24, 2.45) is 7.05 Å². The van der Waals surface area contributed by atoms with Gasteiger partial charge in [0.15, 0.2) is 0 Å². The lowest BCUT2D eigenvalue weighted by molar-refractivity contribution is -0.153. The third kappa shape index (κ3) is 3.52. The molecule has 0 saturated carbocycles. The second-order valence-corrected chi connectivity index (χ2v) is 9.30. The highest BCUT2D eigenvalue weighted by atomic mass is 32.2. The van der Waals surface area contributed by atoms with E-state index in [4.69, 9.17) is 0 Å². The van der Waals surface area contributed by atoms with Crippen molar-refractivity contribution in [1.82, 2.24) is 14.5 Å². The molecule has 1 aromatic heterocycles. The summed E-state index contributed by atoms with van der Waals surface area (Å²) >= 11 is 0. The van der Waals surface area contributed by atoms with Gasteiger partial charge in [-0.2, -0.15) is 23.0 Å². The highest BCUT2D eigenvalue weighted by molar-refractivity contribution is 7.89. The van der Waals surface area contributed by atoms with Crippen LogP contribution in [0.25, 0.3) is 0 Å². The second-order valence-electron chi connectivity index (χ2n) is 7.59. The van der Waals surface area contributed by atoms with Crippen LogP contribution in [0.2, 0.25) is 0 Å². The minimum absolute atomic E-state index is 0.0832. The number of carbonyl (C=O) groups is 1. The first-order valence-corrected chi connectivity index (χ1v) is 10.2. The van der Waals surface area contributed by atoms with Crippen LogP contribution in [-0.2, 0) is 27.3 Å². The van der Waals surface area contributed by atoms with Crippen LogP contribution in [0.3, 0.4) is 0 Å². The Balaban J connectivity index is 2.06. The number of rotatable bonds is 4. The van der Waals surface area contributed by atoms with Crippen LogP contribution in [0.4, 0.5) is 18.9 Å². The zero-order valence-corrected chi connectivity index (χ0v) is 17.3. The summed E-state index contributed by atoms with van der Waals surface area (Å²) in [5.74, 6) is -0.315. The Hall–Kier alpha value is -2.40. The standard InChI is InChI=1S/C18H21F3N4O3S/c1-9-14(10(2)25(5)23-9)15(18(19,20)21)24-29(27,28)11-6-7-13-12(8-11)17(3,4)16(26)22-13/h6-8,15,24H,1-5H3,(H,22,26). The Labute approximate surface area is 166 Å². The van der Waals surface area contributed by atoms with Gasteiger partial charge in [-0.3, -0.25) is 9.48 Å². The molecule has 1 aliphatic rings. The van der Waals surface area contributed by atoms with Crippen molar-refractivity contribution in [1.29, 1.82) is 0 Å². The molecule has 29 heavy (non-hydrogen) atoms. The van der Waals surface area contributed by atoms with Crippen molar-refractivity contribution in [2.45, 2.75) is 50.2 Å². The lowest BCUT2D eigenvalue weighted by Gasteiger charge is -2.23. The molecular weight excluding hydrogens is 409 g/mol. The summed E-state index contributed by atoms with van der Waals surface area (Å²) in [7, 11) is -3.06. The summed E-state index contributed by atoms with van der Waals surface area (Å²) in [4.78, 5) is 11.7. The molecule has 1 aromatic carbocycles. The number of aromatic nitrogens is 2. The summed E-state index contributed by atoms with van der Waals surface area (Å²) in [6, 6.07) is 1.31. The number of carbonyl (C=O) groups excluding carboxylic acids is 1. The van der Waals surface area contributed by atoms with E-state index in [1.165, 1.54) is 43.8 Å². The van der Waals surface area contributed by atoms with Gasteiger partial charge in [-0.25, -0.2) is 8.42 Å². The maximum atomic E-state index is 13.8. The minimum Gasteiger partial charge on any atom is -0.325 e. The third-order valence-electron chi connectivity index (χ3n) is 5.24. The molecule has 0 radical (unpaired) electrons. The normalized spacial score (nSPS) is 17.2. The van der Waals surface area contributed by atoms with Crippen LogP contribution >= 0.6 is 0 Å². The van der Waals surface area contributed by atoms with Crippen LogP contribution in [0.15, 0.2) is 23.1 Å². The molecule has 0 fully saturated rings. The highest BCUT2D eigenvalue weighted by Crippen LogP contribution is 2.40. The van der Waals surface area contributed by atoms with Gasteiger partial charge in [0.25, 0.3) is 0 Å². The third-order valence-corrected chi connectivity index (χ3v) is 6.67. The van der Waals surface area contributed by atoms with Crippen molar-refractivity contribution in [3.05, 3.63) is 40.7 Å². The van der Waals surface area contributed by atoms with Gasteiger partial charge < -0.3 is 5.32 Å². The number of halogens is 3. The number of nitrogens with one attached hydrogen (secondary N) is 2. The summed E-state index contributed by atoms with van der Waals surface area (Å²) < 4.78 is 70.1. The minimum atomic E-state index is -4.88. The fourth-order valence-electron chi connectivity index (χ4n) is 3.44. The fourth-order valence-corrected chi connectivity index (χ4v) is 4.66. The molecule has 1 unspecified atom stereocenters. The molecule has 2 heterocycles. The highest BCUT2D eigenvalue weighted by Gasteiger charge is 2.46. The van der Waals surface area contributed by atoms with Gasteiger partial charge in [-0.05, 0) is 51.5 Å². The molecule has 0 aliphatic carbocycles. The van der Waals surface area contributed by atoms with E-state index in [2.05, 4.69) is 10.4 Å². The maximum absolute atomic E-state index is 13.8. The molecule has 2 aromatic rings. The molecular formula is C18H21F3N4O3S. The Morgan fingerprint density at radius 2 is 1.86 bits per heavy atom. The number of alkyl halides is 3. The molecule has 0 saturated heterocycles. The molecule has 0 spiro atoms. The SMILES string of the molecule is Cc1nn(C)c(C)c1C(NS(=O)(=O)c1ccc2c(c1)C(C)(C)C(=O)N2)C(F)(F)F. The van der Waals surface area contributed by atoms with E-state index >= 15 is 0 Å². The van der Waals surface area contributed by atoms with Gasteiger partial charge in [-0.15, -0.1) is 0 Å². The van der Waals surface area contributed by atoms with Gasteiger partial charge in [0, 0.05) is 24.0 Å².